The van der Waals surface area contributed by atoms with Gasteiger partial charge in [0, 0.05) is 19.6 Å². The van der Waals surface area contributed by atoms with Gasteiger partial charge in [0.25, 0.3) is 5.91 Å². The Morgan fingerprint density at radius 1 is 1.21 bits per heavy atom. The van der Waals surface area contributed by atoms with Crippen LogP contribution in [0.5, 0.6) is 0 Å². The highest BCUT2D eigenvalue weighted by molar-refractivity contribution is 6.00. The first kappa shape index (κ1) is 16.9. The SMILES string of the molecule is CCCN1CCCC2(CCCN2C(=O)c2cc(F)ccc2F)C1=O. The number of benzene rings is 1. The monoisotopic (exact) mass is 336 g/mol. The minimum atomic E-state index is -0.886. The zero-order chi connectivity index (χ0) is 17.3. The van der Waals surface area contributed by atoms with Crippen LogP contribution < -0.4 is 0 Å². The maximum Gasteiger partial charge on any atom is 0.257 e. The summed E-state index contributed by atoms with van der Waals surface area (Å²) in [6.45, 7) is 3.77. The number of carbonyl (C=O) groups excluding carboxylic acids is 2. The molecule has 2 amide bonds. The summed E-state index contributed by atoms with van der Waals surface area (Å²) in [4.78, 5) is 29.1. The van der Waals surface area contributed by atoms with Crippen LogP contribution in [0.15, 0.2) is 18.2 Å². The fourth-order valence-corrected chi connectivity index (χ4v) is 4.01. The third kappa shape index (κ3) is 2.68. The molecule has 3 rings (SSSR count). The molecule has 1 atom stereocenters. The van der Waals surface area contributed by atoms with Gasteiger partial charge in [-0.2, -0.15) is 0 Å². The Bertz CT molecular complexity index is 662. The number of hydrogen-bond acceptors (Lipinski definition) is 2. The second-order valence-electron chi connectivity index (χ2n) is 6.61. The van der Waals surface area contributed by atoms with Crippen molar-refractivity contribution in [2.75, 3.05) is 19.6 Å². The number of carbonyl (C=O) groups is 2. The molecule has 0 aliphatic carbocycles. The van der Waals surface area contributed by atoms with Crippen LogP contribution in [0.4, 0.5) is 8.78 Å². The zero-order valence-electron chi connectivity index (χ0n) is 13.9. The van der Waals surface area contributed by atoms with E-state index in [-0.39, 0.29) is 11.5 Å². The smallest absolute Gasteiger partial charge is 0.257 e. The third-order valence-corrected chi connectivity index (χ3v) is 5.09. The molecule has 0 radical (unpaired) electrons. The first-order valence-electron chi connectivity index (χ1n) is 8.56. The van der Waals surface area contributed by atoms with Crippen LogP contribution in [0.2, 0.25) is 0 Å². The first-order valence-corrected chi connectivity index (χ1v) is 8.56. The molecule has 6 heteroatoms. The highest BCUT2D eigenvalue weighted by Crippen LogP contribution is 2.39. The van der Waals surface area contributed by atoms with Crippen molar-refractivity contribution in [2.45, 2.75) is 44.6 Å². The van der Waals surface area contributed by atoms with Gasteiger partial charge in [0.05, 0.1) is 5.56 Å². The van der Waals surface area contributed by atoms with E-state index in [1.165, 1.54) is 4.90 Å². The predicted molar refractivity (Wildman–Crippen MR) is 85.5 cm³/mol. The number of rotatable bonds is 3. The molecule has 130 valence electrons. The fraction of sp³-hybridized carbons (Fsp3) is 0.556. The van der Waals surface area contributed by atoms with Crippen molar-refractivity contribution in [3.8, 4) is 0 Å². The quantitative estimate of drug-likeness (QED) is 0.851. The molecule has 1 spiro atoms. The van der Waals surface area contributed by atoms with Crippen LogP contribution in [-0.4, -0.2) is 46.8 Å². The highest BCUT2D eigenvalue weighted by atomic mass is 19.1. The average Bonchev–Trinajstić information content (AvgIpc) is 2.98. The molecule has 4 nitrogen and oxygen atoms in total. The minimum Gasteiger partial charge on any atom is -0.341 e. The van der Waals surface area contributed by atoms with Gasteiger partial charge < -0.3 is 9.80 Å². The van der Waals surface area contributed by atoms with Crippen LogP contribution in [0, 0.1) is 11.6 Å². The van der Waals surface area contributed by atoms with Gasteiger partial charge in [0.2, 0.25) is 5.91 Å². The second kappa shape index (κ2) is 6.49. The molecule has 24 heavy (non-hydrogen) atoms. The normalized spacial score (nSPS) is 24.0. The maximum atomic E-state index is 14.0. The Hall–Kier alpha value is -1.98. The molecule has 2 aliphatic heterocycles. The van der Waals surface area contributed by atoms with Crippen molar-refractivity contribution in [3.63, 3.8) is 0 Å². The largest absolute Gasteiger partial charge is 0.341 e. The first-order chi connectivity index (χ1) is 11.5. The van der Waals surface area contributed by atoms with E-state index in [2.05, 4.69) is 0 Å². The fourth-order valence-electron chi connectivity index (χ4n) is 4.01. The van der Waals surface area contributed by atoms with E-state index >= 15 is 0 Å². The Morgan fingerprint density at radius 2 is 1.92 bits per heavy atom. The Labute approximate surface area is 140 Å². The van der Waals surface area contributed by atoms with E-state index < -0.39 is 23.1 Å². The van der Waals surface area contributed by atoms with Crippen molar-refractivity contribution < 1.29 is 18.4 Å². The lowest BCUT2D eigenvalue weighted by Gasteiger charge is -2.44. The summed E-state index contributed by atoms with van der Waals surface area (Å²) in [7, 11) is 0. The lowest BCUT2D eigenvalue weighted by molar-refractivity contribution is -0.145. The number of likely N-dealkylation sites (tertiary alicyclic amines) is 2. The number of nitrogens with zero attached hydrogens (tertiary/aromatic N) is 2. The van der Waals surface area contributed by atoms with E-state index in [1.54, 1.807) is 4.90 Å². The summed E-state index contributed by atoms with van der Waals surface area (Å²) in [5, 5.41) is 0. The summed E-state index contributed by atoms with van der Waals surface area (Å²) in [5.41, 5.74) is -1.18. The summed E-state index contributed by atoms with van der Waals surface area (Å²) in [6.07, 6.45) is 3.56. The number of piperidine rings is 1. The van der Waals surface area contributed by atoms with E-state index in [1.807, 2.05) is 6.92 Å². The molecule has 1 aromatic carbocycles. The van der Waals surface area contributed by atoms with E-state index in [0.717, 1.165) is 31.0 Å². The van der Waals surface area contributed by atoms with Gasteiger partial charge in [0.1, 0.15) is 17.2 Å². The van der Waals surface area contributed by atoms with Crippen molar-refractivity contribution in [3.05, 3.63) is 35.4 Å². The van der Waals surface area contributed by atoms with Crippen LogP contribution >= 0.6 is 0 Å². The van der Waals surface area contributed by atoms with E-state index in [4.69, 9.17) is 0 Å². The molecule has 0 N–H and O–H groups in total. The Morgan fingerprint density at radius 3 is 2.62 bits per heavy atom. The van der Waals surface area contributed by atoms with Crippen LogP contribution in [-0.2, 0) is 4.79 Å². The van der Waals surface area contributed by atoms with Gasteiger partial charge in [-0.15, -0.1) is 0 Å². The molecule has 1 unspecified atom stereocenters. The third-order valence-electron chi connectivity index (χ3n) is 5.09. The number of hydrogen-bond donors (Lipinski definition) is 0. The Kier molecular flexibility index (Phi) is 4.56. The standard InChI is InChI=1S/C18H22F2N2O2/c1-2-9-21-10-3-7-18(17(21)24)8-4-11-22(18)16(23)14-12-13(19)5-6-15(14)20/h5-6,12H,2-4,7-11H2,1H3. The molecule has 2 saturated heterocycles. The summed E-state index contributed by atoms with van der Waals surface area (Å²) in [6, 6.07) is 2.86. The van der Waals surface area contributed by atoms with Gasteiger partial charge in [-0.05, 0) is 50.3 Å². The van der Waals surface area contributed by atoms with Gasteiger partial charge in [-0.25, -0.2) is 8.78 Å². The molecular weight excluding hydrogens is 314 g/mol. The molecule has 2 aliphatic rings. The van der Waals surface area contributed by atoms with Crippen molar-refractivity contribution in [1.82, 2.24) is 9.80 Å². The lowest BCUT2D eigenvalue weighted by Crippen LogP contribution is -2.61. The molecule has 2 fully saturated rings. The van der Waals surface area contributed by atoms with Gasteiger partial charge in [-0.1, -0.05) is 6.92 Å². The van der Waals surface area contributed by atoms with Gasteiger partial charge >= 0.3 is 0 Å². The van der Waals surface area contributed by atoms with Gasteiger partial charge in [-0.3, -0.25) is 9.59 Å². The van der Waals surface area contributed by atoms with Crippen LogP contribution in [0.25, 0.3) is 0 Å². The average molecular weight is 336 g/mol. The van der Waals surface area contributed by atoms with Crippen LogP contribution in [0.3, 0.4) is 0 Å². The lowest BCUT2D eigenvalue weighted by atomic mass is 9.85. The summed E-state index contributed by atoms with van der Waals surface area (Å²) >= 11 is 0. The topological polar surface area (TPSA) is 40.6 Å². The Balaban J connectivity index is 1.93. The molecule has 1 aromatic rings. The van der Waals surface area contributed by atoms with Crippen molar-refractivity contribution >= 4 is 11.8 Å². The summed E-state index contributed by atoms with van der Waals surface area (Å²) < 4.78 is 27.5. The van der Waals surface area contributed by atoms with Crippen molar-refractivity contribution in [1.29, 1.82) is 0 Å². The predicted octanol–water partition coefficient (Wildman–Crippen LogP) is 2.97. The molecule has 0 aromatic heterocycles. The van der Waals surface area contributed by atoms with Gasteiger partial charge in [0.15, 0.2) is 0 Å². The second-order valence-corrected chi connectivity index (χ2v) is 6.61. The molecule has 0 saturated carbocycles. The van der Waals surface area contributed by atoms with E-state index in [0.29, 0.717) is 38.9 Å². The number of amides is 2. The van der Waals surface area contributed by atoms with Crippen molar-refractivity contribution in [2.24, 2.45) is 0 Å². The molecule has 2 heterocycles. The van der Waals surface area contributed by atoms with Crippen LogP contribution in [0.1, 0.15) is 49.4 Å². The summed E-state index contributed by atoms with van der Waals surface area (Å²) in [5.74, 6) is -2.04. The zero-order valence-corrected chi connectivity index (χ0v) is 13.9. The number of halogens is 2. The molecular formula is C18H22F2N2O2. The molecule has 0 bridgehead atoms. The maximum absolute atomic E-state index is 14.0. The van der Waals surface area contributed by atoms with E-state index in [9.17, 15) is 18.4 Å². The highest BCUT2D eigenvalue weighted by Gasteiger charge is 2.52. The minimum absolute atomic E-state index is 0.0433.